The van der Waals surface area contributed by atoms with Crippen LogP contribution in [0.15, 0.2) is 12.1 Å². The Balaban J connectivity index is 2.16. The van der Waals surface area contributed by atoms with Crippen molar-refractivity contribution < 1.29 is 19.1 Å². The van der Waals surface area contributed by atoms with Gasteiger partial charge < -0.3 is 19.3 Å². The van der Waals surface area contributed by atoms with Crippen LogP contribution < -0.4 is 9.47 Å². The zero-order valence-corrected chi connectivity index (χ0v) is 16.0. The smallest absolute Gasteiger partial charge is 0.242 e. The third-order valence-electron chi connectivity index (χ3n) is 4.55. The fraction of sp³-hybridized carbons (Fsp3) is 0.579. The molecule has 1 aliphatic rings. The minimum Gasteiger partial charge on any atom is -0.493 e. The summed E-state index contributed by atoms with van der Waals surface area (Å²) in [5.41, 5.74) is 1.84. The van der Waals surface area contributed by atoms with Gasteiger partial charge in [-0.15, -0.1) is 0 Å². The molecular weight excluding hydrogens is 320 g/mol. The number of fused-ring (bicyclic) bond motifs is 1. The molecule has 6 nitrogen and oxygen atoms in total. The first-order valence-electron chi connectivity index (χ1n) is 8.47. The summed E-state index contributed by atoms with van der Waals surface area (Å²) in [6, 6.07) is 3.91. The lowest BCUT2D eigenvalue weighted by Gasteiger charge is -2.37. The van der Waals surface area contributed by atoms with Crippen LogP contribution in [0.2, 0.25) is 0 Å². The van der Waals surface area contributed by atoms with Crippen molar-refractivity contribution in [1.29, 1.82) is 0 Å². The first kappa shape index (κ1) is 19.1. The van der Waals surface area contributed by atoms with E-state index >= 15 is 0 Å². The van der Waals surface area contributed by atoms with Gasteiger partial charge in [0.05, 0.1) is 14.2 Å². The van der Waals surface area contributed by atoms with E-state index in [2.05, 4.69) is 0 Å². The highest BCUT2D eigenvalue weighted by atomic mass is 16.5. The maximum Gasteiger partial charge on any atom is 0.242 e. The molecule has 0 N–H and O–H groups in total. The van der Waals surface area contributed by atoms with Gasteiger partial charge in [0.1, 0.15) is 6.54 Å². The lowest BCUT2D eigenvalue weighted by molar-refractivity contribution is -0.143. The number of nitrogens with zero attached hydrogens (tertiary/aromatic N) is 2. The minimum absolute atomic E-state index is 0.0365. The predicted molar refractivity (Wildman–Crippen MR) is 95.8 cm³/mol. The molecule has 138 valence electrons. The molecule has 1 aromatic rings. The number of methoxy groups -OCH3 is 2. The van der Waals surface area contributed by atoms with E-state index in [0.29, 0.717) is 24.6 Å². The maximum absolute atomic E-state index is 12.7. The molecular formula is C19H28N2O4. The van der Waals surface area contributed by atoms with E-state index in [-0.39, 0.29) is 23.9 Å². The summed E-state index contributed by atoms with van der Waals surface area (Å²) in [4.78, 5) is 28.0. The summed E-state index contributed by atoms with van der Waals surface area (Å²) in [6.45, 7) is 8.56. The van der Waals surface area contributed by atoms with E-state index < -0.39 is 0 Å². The number of amides is 2. The minimum atomic E-state index is -0.383. The fourth-order valence-corrected chi connectivity index (χ4v) is 3.15. The summed E-state index contributed by atoms with van der Waals surface area (Å²) < 4.78 is 10.7. The SMILES string of the molecule is COc1cc2c(cc1OC)CN(C(=O)CN(C(C)=O)C(C)(C)C)CC2. The van der Waals surface area contributed by atoms with E-state index in [0.717, 1.165) is 12.0 Å². The normalized spacial score (nSPS) is 13.9. The zero-order chi connectivity index (χ0) is 18.8. The molecule has 2 rings (SSSR count). The van der Waals surface area contributed by atoms with Crippen molar-refractivity contribution in [3.63, 3.8) is 0 Å². The van der Waals surface area contributed by atoms with Gasteiger partial charge in [-0.05, 0) is 50.5 Å². The quantitative estimate of drug-likeness (QED) is 0.837. The van der Waals surface area contributed by atoms with Crippen molar-refractivity contribution in [1.82, 2.24) is 9.80 Å². The molecule has 0 aliphatic carbocycles. The Morgan fingerprint density at radius 1 is 1.12 bits per heavy atom. The van der Waals surface area contributed by atoms with Crippen LogP contribution in [0, 0.1) is 0 Å². The predicted octanol–water partition coefficient (Wildman–Crippen LogP) is 2.24. The molecule has 0 aromatic heterocycles. The Labute approximate surface area is 149 Å². The van der Waals surface area contributed by atoms with Crippen LogP contribution in [0.25, 0.3) is 0 Å². The highest BCUT2D eigenvalue weighted by molar-refractivity contribution is 5.84. The molecule has 0 saturated heterocycles. The first-order chi connectivity index (χ1) is 11.7. The molecule has 6 heteroatoms. The van der Waals surface area contributed by atoms with Crippen molar-refractivity contribution in [2.45, 2.75) is 46.2 Å². The van der Waals surface area contributed by atoms with Crippen LogP contribution in [0.5, 0.6) is 11.5 Å². The lowest BCUT2D eigenvalue weighted by atomic mass is 9.98. The second kappa shape index (κ2) is 7.33. The van der Waals surface area contributed by atoms with E-state index in [9.17, 15) is 9.59 Å². The Kier molecular flexibility index (Phi) is 5.60. The van der Waals surface area contributed by atoms with Crippen LogP contribution in [-0.2, 0) is 22.6 Å². The van der Waals surface area contributed by atoms with Gasteiger partial charge in [-0.1, -0.05) is 0 Å². The van der Waals surface area contributed by atoms with E-state index in [4.69, 9.17) is 9.47 Å². The van der Waals surface area contributed by atoms with Crippen molar-refractivity contribution in [3.05, 3.63) is 23.3 Å². The Morgan fingerprint density at radius 2 is 1.68 bits per heavy atom. The van der Waals surface area contributed by atoms with Crippen molar-refractivity contribution in [3.8, 4) is 11.5 Å². The summed E-state index contributed by atoms with van der Waals surface area (Å²) in [6.07, 6.45) is 0.761. The van der Waals surface area contributed by atoms with Gasteiger partial charge in [0.15, 0.2) is 11.5 Å². The molecule has 25 heavy (non-hydrogen) atoms. The van der Waals surface area contributed by atoms with Gasteiger partial charge in [0.2, 0.25) is 11.8 Å². The number of hydrogen-bond donors (Lipinski definition) is 0. The molecule has 0 unspecified atom stereocenters. The zero-order valence-electron chi connectivity index (χ0n) is 16.0. The van der Waals surface area contributed by atoms with Crippen molar-refractivity contribution >= 4 is 11.8 Å². The van der Waals surface area contributed by atoms with Crippen LogP contribution in [0.3, 0.4) is 0 Å². The van der Waals surface area contributed by atoms with Crippen LogP contribution >= 0.6 is 0 Å². The molecule has 0 saturated carbocycles. The molecule has 0 fully saturated rings. The molecule has 0 bridgehead atoms. The number of hydrogen-bond acceptors (Lipinski definition) is 4. The monoisotopic (exact) mass is 348 g/mol. The Bertz CT molecular complexity index is 664. The van der Waals surface area contributed by atoms with Gasteiger partial charge in [-0.25, -0.2) is 0 Å². The van der Waals surface area contributed by atoms with Gasteiger partial charge in [0, 0.05) is 25.6 Å². The van der Waals surface area contributed by atoms with Crippen molar-refractivity contribution in [2.75, 3.05) is 27.3 Å². The lowest BCUT2D eigenvalue weighted by Crippen LogP contribution is -2.51. The van der Waals surface area contributed by atoms with E-state index in [1.807, 2.05) is 32.9 Å². The molecule has 0 radical (unpaired) electrons. The van der Waals surface area contributed by atoms with Gasteiger partial charge in [0.25, 0.3) is 0 Å². The van der Waals surface area contributed by atoms with Crippen LogP contribution in [0.4, 0.5) is 0 Å². The average Bonchev–Trinajstić information content (AvgIpc) is 2.56. The third-order valence-corrected chi connectivity index (χ3v) is 4.55. The summed E-state index contributed by atoms with van der Waals surface area (Å²) >= 11 is 0. The number of carbonyl (C=O) groups excluding carboxylic acids is 2. The topological polar surface area (TPSA) is 59.1 Å². The molecule has 1 aromatic carbocycles. The van der Waals surface area contributed by atoms with Crippen LogP contribution in [-0.4, -0.2) is 54.5 Å². The van der Waals surface area contributed by atoms with Gasteiger partial charge in [-0.3, -0.25) is 9.59 Å². The molecule has 0 spiro atoms. The van der Waals surface area contributed by atoms with E-state index in [1.165, 1.54) is 12.5 Å². The summed E-state index contributed by atoms with van der Waals surface area (Å²) in [5, 5.41) is 0. The maximum atomic E-state index is 12.7. The van der Waals surface area contributed by atoms with Crippen LogP contribution in [0.1, 0.15) is 38.8 Å². The number of ether oxygens (including phenoxy) is 2. The Morgan fingerprint density at radius 3 is 2.16 bits per heavy atom. The third kappa shape index (κ3) is 4.24. The van der Waals surface area contributed by atoms with Crippen molar-refractivity contribution in [2.24, 2.45) is 0 Å². The standard InChI is InChI=1S/C19H28N2O4/c1-13(22)21(19(2,3)4)12-18(23)20-8-7-14-9-16(24-5)17(25-6)10-15(14)11-20/h9-10H,7-8,11-12H2,1-6H3. The van der Waals surface area contributed by atoms with Gasteiger partial charge in [-0.2, -0.15) is 0 Å². The number of rotatable bonds is 4. The molecule has 0 atom stereocenters. The van der Waals surface area contributed by atoms with E-state index in [1.54, 1.807) is 24.0 Å². The largest absolute Gasteiger partial charge is 0.493 e. The highest BCUT2D eigenvalue weighted by Crippen LogP contribution is 2.33. The Hall–Kier alpha value is -2.24. The highest BCUT2D eigenvalue weighted by Gasteiger charge is 2.29. The second-order valence-corrected chi connectivity index (χ2v) is 7.32. The second-order valence-electron chi connectivity index (χ2n) is 7.32. The number of benzene rings is 1. The summed E-state index contributed by atoms with van der Waals surface area (Å²) in [5.74, 6) is 1.24. The molecule has 1 aliphatic heterocycles. The fourth-order valence-electron chi connectivity index (χ4n) is 3.15. The first-order valence-corrected chi connectivity index (χ1v) is 8.47. The average molecular weight is 348 g/mol. The van der Waals surface area contributed by atoms with Gasteiger partial charge >= 0.3 is 0 Å². The number of carbonyl (C=O) groups is 2. The molecule has 2 amide bonds. The molecule has 1 heterocycles. The summed E-state index contributed by atoms with van der Waals surface area (Å²) in [7, 11) is 3.22.